The highest BCUT2D eigenvalue weighted by molar-refractivity contribution is 7.99. The molecule has 0 aromatic heterocycles. The van der Waals surface area contributed by atoms with Crippen molar-refractivity contribution in [3.8, 4) is 0 Å². The fraction of sp³-hybridized carbons (Fsp3) is 0.800. The number of carbonyl (C=O) groups is 1. The number of thioether (sulfide) groups is 1. The molecule has 86 valence electrons. The quantitative estimate of drug-likeness (QED) is 0.691. The molecule has 0 aromatic carbocycles. The van der Waals surface area contributed by atoms with E-state index >= 15 is 0 Å². The maximum atomic E-state index is 11.5. The number of hydrogen-bond donors (Lipinski definition) is 2. The van der Waals surface area contributed by atoms with Crippen molar-refractivity contribution >= 4 is 23.6 Å². The third kappa shape index (κ3) is 4.11. The maximum Gasteiger partial charge on any atom is 0.251 e. The van der Waals surface area contributed by atoms with Gasteiger partial charge in [-0.15, -0.1) is 0 Å². The number of rotatable bonds is 5. The smallest absolute Gasteiger partial charge is 0.251 e. The van der Waals surface area contributed by atoms with Crippen molar-refractivity contribution in [1.29, 1.82) is 0 Å². The molecule has 0 bridgehead atoms. The van der Waals surface area contributed by atoms with E-state index in [4.69, 9.17) is 0 Å². The van der Waals surface area contributed by atoms with Crippen LogP contribution in [0, 0.1) is 0 Å². The summed E-state index contributed by atoms with van der Waals surface area (Å²) in [6.45, 7) is 6.16. The lowest BCUT2D eigenvalue weighted by Crippen LogP contribution is -2.40. The van der Waals surface area contributed by atoms with Crippen LogP contribution in [0.1, 0.15) is 27.2 Å². The molecular formula is C10H19N3OS. The average molecular weight is 229 g/mol. The van der Waals surface area contributed by atoms with Crippen LogP contribution in [0.25, 0.3) is 0 Å². The van der Waals surface area contributed by atoms with Gasteiger partial charge in [0.25, 0.3) is 5.91 Å². The Morgan fingerprint density at radius 3 is 2.93 bits per heavy atom. The summed E-state index contributed by atoms with van der Waals surface area (Å²) in [6, 6.07) is 0.109. The van der Waals surface area contributed by atoms with Gasteiger partial charge < -0.3 is 5.32 Å². The van der Waals surface area contributed by atoms with E-state index in [-0.39, 0.29) is 11.9 Å². The van der Waals surface area contributed by atoms with Gasteiger partial charge in [0, 0.05) is 6.04 Å². The molecule has 1 rings (SSSR count). The summed E-state index contributed by atoms with van der Waals surface area (Å²) < 4.78 is 0. The van der Waals surface area contributed by atoms with Crippen LogP contribution >= 0.6 is 11.8 Å². The summed E-state index contributed by atoms with van der Waals surface area (Å²) in [5.74, 6) is 2.73. The standard InChI is InChI=1S/C10H19N3OS/c1-4-15-6-5-8-9(14)13-10(12-8)11-7(2)3/h7-8H,4-6H2,1-3H3,(H2,11,12,13,14). The fourth-order valence-corrected chi connectivity index (χ4v) is 2.01. The highest BCUT2D eigenvalue weighted by Crippen LogP contribution is 2.10. The van der Waals surface area contributed by atoms with Gasteiger partial charge in [0.1, 0.15) is 6.04 Å². The molecule has 1 atom stereocenters. The van der Waals surface area contributed by atoms with Gasteiger partial charge >= 0.3 is 0 Å². The molecule has 0 saturated carbocycles. The van der Waals surface area contributed by atoms with Crippen molar-refractivity contribution in [1.82, 2.24) is 10.6 Å². The van der Waals surface area contributed by atoms with Gasteiger partial charge in [-0.3, -0.25) is 10.1 Å². The first-order valence-corrected chi connectivity index (χ1v) is 6.52. The second-order valence-electron chi connectivity index (χ2n) is 3.77. The number of nitrogens with zero attached hydrogens (tertiary/aromatic N) is 1. The number of amides is 1. The molecule has 0 radical (unpaired) electrons. The summed E-state index contributed by atoms with van der Waals surface area (Å²) in [7, 11) is 0. The van der Waals surface area contributed by atoms with Gasteiger partial charge in [-0.05, 0) is 31.8 Å². The highest BCUT2D eigenvalue weighted by atomic mass is 32.2. The highest BCUT2D eigenvalue weighted by Gasteiger charge is 2.25. The molecular weight excluding hydrogens is 210 g/mol. The summed E-state index contributed by atoms with van der Waals surface area (Å²) >= 11 is 1.84. The Morgan fingerprint density at radius 1 is 1.60 bits per heavy atom. The number of hydrogen-bond acceptors (Lipinski definition) is 4. The van der Waals surface area contributed by atoms with E-state index in [2.05, 4.69) is 22.5 Å². The van der Waals surface area contributed by atoms with Crippen molar-refractivity contribution in [2.45, 2.75) is 39.3 Å². The van der Waals surface area contributed by atoms with E-state index in [0.29, 0.717) is 12.0 Å². The Morgan fingerprint density at radius 2 is 2.33 bits per heavy atom. The summed E-state index contributed by atoms with van der Waals surface area (Å²) in [6.07, 6.45) is 0.827. The van der Waals surface area contributed by atoms with Gasteiger partial charge in [-0.1, -0.05) is 6.92 Å². The second kappa shape index (κ2) is 6.00. The van der Waals surface area contributed by atoms with E-state index in [1.54, 1.807) is 0 Å². The van der Waals surface area contributed by atoms with Gasteiger partial charge in [-0.2, -0.15) is 11.8 Å². The zero-order valence-electron chi connectivity index (χ0n) is 9.54. The van der Waals surface area contributed by atoms with E-state index in [1.807, 2.05) is 25.6 Å². The predicted octanol–water partition coefficient (Wildman–Crippen LogP) is 0.982. The molecule has 1 aliphatic rings. The van der Waals surface area contributed by atoms with E-state index < -0.39 is 0 Å². The zero-order chi connectivity index (χ0) is 11.3. The van der Waals surface area contributed by atoms with E-state index in [0.717, 1.165) is 17.9 Å². The molecule has 2 N–H and O–H groups in total. The Kier molecular flexibility index (Phi) is 4.94. The van der Waals surface area contributed by atoms with Crippen molar-refractivity contribution in [2.75, 3.05) is 11.5 Å². The first-order chi connectivity index (χ1) is 7.13. The lowest BCUT2D eigenvalue weighted by Gasteiger charge is -2.07. The largest absolute Gasteiger partial charge is 0.354 e. The average Bonchev–Trinajstić information content (AvgIpc) is 2.46. The number of nitrogens with one attached hydrogen (secondary N) is 2. The van der Waals surface area contributed by atoms with Crippen LogP contribution in [0.15, 0.2) is 4.99 Å². The molecule has 1 unspecified atom stereocenters. The molecule has 0 saturated heterocycles. The zero-order valence-corrected chi connectivity index (χ0v) is 10.4. The number of aliphatic imine (C=N–C) groups is 1. The van der Waals surface area contributed by atoms with Crippen molar-refractivity contribution in [3.63, 3.8) is 0 Å². The third-order valence-electron chi connectivity index (χ3n) is 1.99. The minimum Gasteiger partial charge on any atom is -0.354 e. The van der Waals surface area contributed by atoms with Crippen LogP contribution in [-0.4, -0.2) is 35.5 Å². The second-order valence-corrected chi connectivity index (χ2v) is 5.16. The molecule has 15 heavy (non-hydrogen) atoms. The predicted molar refractivity (Wildman–Crippen MR) is 65.3 cm³/mol. The molecule has 0 fully saturated rings. The molecule has 1 amide bonds. The Hall–Kier alpha value is -0.710. The van der Waals surface area contributed by atoms with E-state index in [9.17, 15) is 4.79 Å². The minimum atomic E-state index is -0.190. The number of guanidine groups is 1. The topological polar surface area (TPSA) is 53.5 Å². The molecule has 0 aromatic rings. The molecule has 5 heteroatoms. The van der Waals surface area contributed by atoms with Crippen LogP contribution in [0.2, 0.25) is 0 Å². The Balaban J connectivity index is 2.37. The normalized spacial score (nSPS) is 20.4. The molecule has 1 heterocycles. The summed E-state index contributed by atoms with van der Waals surface area (Å²) in [5.41, 5.74) is 0. The molecule has 0 spiro atoms. The Labute approximate surface area is 95.3 Å². The van der Waals surface area contributed by atoms with Gasteiger partial charge in [0.2, 0.25) is 0 Å². The van der Waals surface area contributed by atoms with Gasteiger partial charge in [0.15, 0.2) is 5.96 Å². The Bertz CT molecular complexity index is 253. The van der Waals surface area contributed by atoms with Crippen molar-refractivity contribution < 1.29 is 4.79 Å². The van der Waals surface area contributed by atoms with E-state index in [1.165, 1.54) is 0 Å². The fourth-order valence-electron chi connectivity index (χ4n) is 1.33. The summed E-state index contributed by atoms with van der Waals surface area (Å²) in [5, 5.41) is 5.86. The first kappa shape index (κ1) is 12.4. The van der Waals surface area contributed by atoms with Crippen LogP contribution < -0.4 is 10.6 Å². The maximum absolute atomic E-state index is 11.5. The van der Waals surface area contributed by atoms with Crippen LogP contribution in [0.5, 0.6) is 0 Å². The van der Waals surface area contributed by atoms with Crippen LogP contribution in [0.3, 0.4) is 0 Å². The molecule has 4 nitrogen and oxygen atoms in total. The SMILES string of the molecule is CCSCCC1N=C(NC(C)C)NC1=O. The molecule has 0 aliphatic carbocycles. The minimum absolute atomic E-state index is 0.0230. The lowest BCUT2D eigenvalue weighted by molar-refractivity contribution is -0.120. The first-order valence-electron chi connectivity index (χ1n) is 5.36. The third-order valence-corrected chi connectivity index (χ3v) is 2.93. The van der Waals surface area contributed by atoms with Gasteiger partial charge in [0.05, 0.1) is 0 Å². The van der Waals surface area contributed by atoms with Crippen molar-refractivity contribution in [2.24, 2.45) is 4.99 Å². The summed E-state index contributed by atoms with van der Waals surface area (Å²) in [4.78, 5) is 15.8. The van der Waals surface area contributed by atoms with Crippen LogP contribution in [0.4, 0.5) is 0 Å². The van der Waals surface area contributed by atoms with Gasteiger partial charge in [-0.25, -0.2) is 4.99 Å². The van der Waals surface area contributed by atoms with Crippen molar-refractivity contribution in [3.05, 3.63) is 0 Å². The van der Waals surface area contributed by atoms with Crippen LogP contribution in [-0.2, 0) is 4.79 Å². The molecule has 1 aliphatic heterocycles. The lowest BCUT2D eigenvalue weighted by atomic mass is 10.2. The monoisotopic (exact) mass is 229 g/mol. The number of carbonyl (C=O) groups excluding carboxylic acids is 1.